The molecule has 4 nitrogen and oxygen atoms in total. The predicted octanol–water partition coefficient (Wildman–Crippen LogP) is 4.71. The van der Waals surface area contributed by atoms with Crippen LogP contribution in [0.15, 0.2) is 34.8 Å². The Labute approximate surface area is 147 Å². The Morgan fingerprint density at radius 2 is 1.79 bits per heavy atom. The van der Waals surface area contributed by atoms with Crippen LogP contribution in [-0.2, 0) is 0 Å². The van der Waals surface area contributed by atoms with Crippen molar-refractivity contribution >= 4 is 38.6 Å². The van der Waals surface area contributed by atoms with Crippen LogP contribution in [0.4, 0.5) is 10.1 Å². The number of hydrogen-bond donors (Lipinski definition) is 1. The summed E-state index contributed by atoms with van der Waals surface area (Å²) >= 11 is 3.43. The van der Waals surface area contributed by atoms with Crippen molar-refractivity contribution < 1.29 is 9.18 Å². The van der Waals surface area contributed by atoms with Gasteiger partial charge in [0.2, 0.25) is 0 Å². The van der Waals surface area contributed by atoms with Gasteiger partial charge >= 0.3 is 0 Å². The van der Waals surface area contributed by atoms with Gasteiger partial charge in [-0.05, 0) is 44.5 Å². The molecule has 3 rings (SSSR count). The van der Waals surface area contributed by atoms with Crippen molar-refractivity contribution in [2.75, 3.05) is 5.32 Å². The van der Waals surface area contributed by atoms with E-state index >= 15 is 0 Å². The average molecular weight is 388 g/mol. The van der Waals surface area contributed by atoms with E-state index < -0.39 is 11.7 Å². The minimum absolute atomic E-state index is 0.164. The Hall–Kier alpha value is -2.34. The maximum absolute atomic E-state index is 13.9. The first-order chi connectivity index (χ1) is 11.3. The first-order valence-electron chi connectivity index (χ1n) is 7.37. The van der Waals surface area contributed by atoms with Crippen LogP contribution in [0.2, 0.25) is 0 Å². The summed E-state index contributed by atoms with van der Waals surface area (Å²) in [5.74, 6) is -0.942. The highest BCUT2D eigenvalue weighted by atomic mass is 79.9. The average Bonchev–Trinajstić information content (AvgIpc) is 2.52. The van der Waals surface area contributed by atoms with Crippen LogP contribution in [0, 0.1) is 26.6 Å². The van der Waals surface area contributed by atoms with Crippen molar-refractivity contribution in [2.24, 2.45) is 0 Å². The summed E-state index contributed by atoms with van der Waals surface area (Å²) in [5.41, 5.74) is 4.02. The molecule has 0 bridgehead atoms. The standard InChI is InChI=1S/C18H15BrFN3O/c1-9-4-5-13(8-15(9)19)23-18(24)14-6-12(20)7-16-17(14)22-11(3)10(2)21-16/h4-8H,1-3H3,(H,23,24). The molecule has 0 fully saturated rings. The van der Waals surface area contributed by atoms with E-state index in [1.54, 1.807) is 19.1 Å². The van der Waals surface area contributed by atoms with E-state index in [9.17, 15) is 9.18 Å². The van der Waals surface area contributed by atoms with Crippen LogP contribution in [-0.4, -0.2) is 15.9 Å². The van der Waals surface area contributed by atoms with Gasteiger partial charge in [-0.15, -0.1) is 0 Å². The lowest BCUT2D eigenvalue weighted by atomic mass is 10.1. The molecule has 3 aromatic rings. The van der Waals surface area contributed by atoms with Crippen LogP contribution >= 0.6 is 15.9 Å². The second kappa shape index (κ2) is 6.28. The topological polar surface area (TPSA) is 54.9 Å². The van der Waals surface area contributed by atoms with Crippen molar-refractivity contribution in [2.45, 2.75) is 20.8 Å². The van der Waals surface area contributed by atoms with Crippen molar-refractivity contribution in [3.63, 3.8) is 0 Å². The molecule has 1 N–H and O–H groups in total. The Morgan fingerprint density at radius 1 is 1.08 bits per heavy atom. The zero-order valence-electron chi connectivity index (χ0n) is 13.4. The Morgan fingerprint density at radius 3 is 2.50 bits per heavy atom. The van der Waals surface area contributed by atoms with Gasteiger partial charge in [0.25, 0.3) is 5.91 Å². The fourth-order valence-corrected chi connectivity index (χ4v) is 2.72. The van der Waals surface area contributed by atoms with Gasteiger partial charge in [0.05, 0.1) is 22.5 Å². The molecule has 0 saturated carbocycles. The van der Waals surface area contributed by atoms with Gasteiger partial charge in [-0.2, -0.15) is 0 Å². The van der Waals surface area contributed by atoms with E-state index in [4.69, 9.17) is 0 Å². The zero-order valence-corrected chi connectivity index (χ0v) is 15.0. The van der Waals surface area contributed by atoms with Crippen LogP contribution in [0.3, 0.4) is 0 Å². The molecule has 0 spiro atoms. The number of nitrogens with zero attached hydrogens (tertiary/aromatic N) is 2. The fraction of sp³-hybridized carbons (Fsp3) is 0.167. The summed E-state index contributed by atoms with van der Waals surface area (Å²) < 4.78 is 14.8. The second-order valence-corrected chi connectivity index (χ2v) is 6.49. The predicted molar refractivity (Wildman–Crippen MR) is 95.8 cm³/mol. The number of aryl methyl sites for hydroxylation is 3. The van der Waals surface area contributed by atoms with Crippen LogP contribution in [0.25, 0.3) is 11.0 Å². The highest BCUT2D eigenvalue weighted by Gasteiger charge is 2.16. The molecule has 0 aliphatic rings. The van der Waals surface area contributed by atoms with Gasteiger partial charge < -0.3 is 5.32 Å². The summed E-state index contributed by atoms with van der Waals surface area (Å²) in [6.07, 6.45) is 0. The van der Waals surface area contributed by atoms with Gasteiger partial charge in [0.15, 0.2) is 0 Å². The van der Waals surface area contributed by atoms with Crippen molar-refractivity contribution in [1.29, 1.82) is 0 Å². The van der Waals surface area contributed by atoms with E-state index in [0.29, 0.717) is 28.1 Å². The molecule has 0 atom stereocenters. The number of carbonyl (C=O) groups is 1. The number of anilines is 1. The molecule has 24 heavy (non-hydrogen) atoms. The first-order valence-corrected chi connectivity index (χ1v) is 8.16. The molecule has 1 heterocycles. The van der Waals surface area contributed by atoms with Crippen molar-refractivity contribution in [1.82, 2.24) is 9.97 Å². The Kier molecular flexibility index (Phi) is 4.32. The van der Waals surface area contributed by atoms with Crippen LogP contribution in [0.1, 0.15) is 27.3 Å². The molecule has 2 aromatic carbocycles. The van der Waals surface area contributed by atoms with E-state index in [1.165, 1.54) is 12.1 Å². The summed E-state index contributed by atoms with van der Waals surface area (Å²) in [6.45, 7) is 5.57. The molecule has 6 heteroatoms. The van der Waals surface area contributed by atoms with Crippen LogP contribution < -0.4 is 5.32 Å². The largest absolute Gasteiger partial charge is 0.322 e. The summed E-state index contributed by atoms with van der Waals surface area (Å²) in [5, 5.41) is 2.78. The molecule has 1 aromatic heterocycles. The second-order valence-electron chi connectivity index (χ2n) is 5.63. The first kappa shape index (κ1) is 16.5. The number of benzene rings is 2. The third kappa shape index (κ3) is 3.14. The van der Waals surface area contributed by atoms with Gasteiger partial charge in [0.1, 0.15) is 11.3 Å². The number of aromatic nitrogens is 2. The molecular weight excluding hydrogens is 373 g/mol. The lowest BCUT2D eigenvalue weighted by molar-refractivity contribution is 0.102. The van der Waals surface area contributed by atoms with Crippen molar-refractivity contribution in [3.05, 3.63) is 63.1 Å². The molecule has 0 aliphatic heterocycles. The third-order valence-electron chi connectivity index (χ3n) is 3.82. The molecule has 0 radical (unpaired) electrons. The lowest BCUT2D eigenvalue weighted by Gasteiger charge is -2.10. The molecule has 0 unspecified atom stereocenters. The monoisotopic (exact) mass is 387 g/mol. The zero-order chi connectivity index (χ0) is 17.4. The quantitative estimate of drug-likeness (QED) is 0.692. The Bertz CT molecular complexity index is 972. The molecule has 1 amide bonds. The van der Waals surface area contributed by atoms with Crippen LogP contribution in [0.5, 0.6) is 0 Å². The number of amides is 1. The third-order valence-corrected chi connectivity index (χ3v) is 4.67. The minimum Gasteiger partial charge on any atom is -0.322 e. The Balaban J connectivity index is 2.05. The highest BCUT2D eigenvalue weighted by Crippen LogP contribution is 2.23. The number of fused-ring (bicyclic) bond motifs is 1. The summed E-state index contributed by atoms with van der Waals surface area (Å²) in [4.78, 5) is 21.3. The lowest BCUT2D eigenvalue weighted by Crippen LogP contribution is -2.14. The normalized spacial score (nSPS) is 10.9. The minimum atomic E-state index is -0.518. The summed E-state index contributed by atoms with van der Waals surface area (Å²) in [6, 6.07) is 7.95. The van der Waals surface area contributed by atoms with E-state index in [0.717, 1.165) is 10.0 Å². The molecule has 0 aliphatic carbocycles. The number of carbonyl (C=O) groups excluding carboxylic acids is 1. The van der Waals surface area contributed by atoms with E-state index in [1.807, 2.05) is 19.9 Å². The maximum Gasteiger partial charge on any atom is 0.258 e. The number of halogens is 2. The molecule has 0 saturated heterocycles. The SMILES string of the molecule is Cc1ccc(NC(=O)c2cc(F)cc3nc(C)c(C)nc23)cc1Br. The number of nitrogens with one attached hydrogen (secondary N) is 1. The van der Waals surface area contributed by atoms with Gasteiger partial charge in [-0.3, -0.25) is 4.79 Å². The van der Waals surface area contributed by atoms with Gasteiger partial charge in [-0.25, -0.2) is 14.4 Å². The maximum atomic E-state index is 13.9. The fourth-order valence-electron chi connectivity index (χ4n) is 2.34. The summed E-state index contributed by atoms with van der Waals surface area (Å²) in [7, 11) is 0. The number of rotatable bonds is 2. The van der Waals surface area contributed by atoms with E-state index in [2.05, 4.69) is 31.2 Å². The molecule has 122 valence electrons. The highest BCUT2D eigenvalue weighted by molar-refractivity contribution is 9.10. The van der Waals surface area contributed by atoms with Crippen molar-refractivity contribution in [3.8, 4) is 0 Å². The van der Waals surface area contributed by atoms with E-state index in [-0.39, 0.29) is 5.56 Å². The smallest absolute Gasteiger partial charge is 0.258 e. The number of hydrogen-bond acceptors (Lipinski definition) is 3. The van der Waals surface area contributed by atoms with Gasteiger partial charge in [0, 0.05) is 16.2 Å². The molecular formula is C18H15BrFN3O. The van der Waals surface area contributed by atoms with Gasteiger partial charge in [-0.1, -0.05) is 22.0 Å².